The Morgan fingerprint density at radius 1 is 1.11 bits per heavy atom. The third-order valence-corrected chi connectivity index (χ3v) is 6.50. The molecular formula is C25H28N8O2. The van der Waals surface area contributed by atoms with Gasteiger partial charge in [0.2, 0.25) is 11.8 Å². The van der Waals surface area contributed by atoms with Crippen molar-refractivity contribution in [2.75, 3.05) is 25.4 Å². The van der Waals surface area contributed by atoms with Gasteiger partial charge in [-0.1, -0.05) is 19.4 Å². The average molecular weight is 473 g/mol. The van der Waals surface area contributed by atoms with Gasteiger partial charge in [0.15, 0.2) is 17.1 Å². The van der Waals surface area contributed by atoms with Crippen molar-refractivity contribution >= 4 is 22.6 Å². The number of anilines is 1. The number of hydrogen-bond acceptors (Lipinski definition) is 8. The number of hydrogen-bond donors (Lipinski definition) is 1. The zero-order chi connectivity index (χ0) is 23.8. The first-order chi connectivity index (χ1) is 17.2. The first-order valence-electron chi connectivity index (χ1n) is 12.1. The van der Waals surface area contributed by atoms with E-state index >= 15 is 0 Å². The molecular weight excluding hydrogens is 444 g/mol. The van der Waals surface area contributed by atoms with Crippen LogP contribution in [0.2, 0.25) is 0 Å². The fourth-order valence-corrected chi connectivity index (χ4v) is 4.57. The van der Waals surface area contributed by atoms with Crippen molar-refractivity contribution in [3.8, 4) is 17.3 Å². The lowest BCUT2D eigenvalue weighted by molar-refractivity contribution is 0.240. The Bertz CT molecular complexity index is 1470. The number of fused-ring (bicyclic) bond motifs is 4. The van der Waals surface area contributed by atoms with Gasteiger partial charge in [-0.05, 0) is 48.2 Å². The Balaban J connectivity index is 1.17. The van der Waals surface area contributed by atoms with Gasteiger partial charge in [0.25, 0.3) is 0 Å². The maximum Gasteiger partial charge on any atom is 0.225 e. The predicted molar refractivity (Wildman–Crippen MR) is 132 cm³/mol. The van der Waals surface area contributed by atoms with Crippen molar-refractivity contribution < 1.29 is 9.15 Å². The van der Waals surface area contributed by atoms with Gasteiger partial charge in [-0.15, -0.1) is 5.10 Å². The standard InChI is InChI=1S/C25H28N8O2/c1-2-3-12-34-19-7-6-18-16-31(9-8-17(18)14-19)10-11-32-23-20(15-27-32)24-28-22(21-5-4-13-35-21)30-33(24)25(26)29-23/h4-7,13-15H,2-3,8-12,16H2,1H3,(H2,26,29). The minimum Gasteiger partial charge on any atom is -0.494 e. The Morgan fingerprint density at radius 3 is 2.91 bits per heavy atom. The summed E-state index contributed by atoms with van der Waals surface area (Å²) in [6.45, 7) is 6.45. The zero-order valence-electron chi connectivity index (χ0n) is 19.7. The summed E-state index contributed by atoms with van der Waals surface area (Å²) in [5.41, 5.74) is 10.3. The summed E-state index contributed by atoms with van der Waals surface area (Å²) in [5, 5.41) is 9.85. The minimum absolute atomic E-state index is 0.267. The van der Waals surface area contributed by atoms with Crippen LogP contribution < -0.4 is 10.5 Å². The summed E-state index contributed by atoms with van der Waals surface area (Å²) in [5.74, 6) is 2.30. The van der Waals surface area contributed by atoms with Gasteiger partial charge in [-0.25, -0.2) is 9.67 Å². The van der Waals surface area contributed by atoms with Crippen LogP contribution in [0.1, 0.15) is 30.9 Å². The van der Waals surface area contributed by atoms with E-state index in [1.54, 1.807) is 18.5 Å². The fourth-order valence-electron chi connectivity index (χ4n) is 4.57. The Hall–Kier alpha value is -3.92. The van der Waals surface area contributed by atoms with Crippen LogP contribution in [-0.4, -0.2) is 54.0 Å². The highest BCUT2D eigenvalue weighted by Crippen LogP contribution is 2.25. The lowest BCUT2D eigenvalue weighted by Gasteiger charge is -2.29. The van der Waals surface area contributed by atoms with Crippen molar-refractivity contribution in [2.24, 2.45) is 0 Å². The van der Waals surface area contributed by atoms with Crippen LogP contribution in [0.5, 0.6) is 5.75 Å². The molecule has 0 bridgehead atoms. The number of benzene rings is 1. The van der Waals surface area contributed by atoms with Crippen LogP contribution in [-0.2, 0) is 19.5 Å². The molecule has 1 aliphatic rings. The van der Waals surface area contributed by atoms with Crippen molar-refractivity contribution in [1.82, 2.24) is 34.3 Å². The fraction of sp³-hybridized carbons (Fsp3) is 0.360. The molecule has 180 valence electrons. The molecule has 4 aromatic heterocycles. The quantitative estimate of drug-likeness (QED) is 0.341. The molecule has 0 radical (unpaired) electrons. The maximum atomic E-state index is 6.22. The van der Waals surface area contributed by atoms with Gasteiger partial charge < -0.3 is 14.9 Å². The number of rotatable bonds is 8. The van der Waals surface area contributed by atoms with E-state index in [9.17, 15) is 0 Å². The molecule has 5 aromatic rings. The minimum atomic E-state index is 0.267. The number of aromatic nitrogens is 6. The first kappa shape index (κ1) is 21.6. The van der Waals surface area contributed by atoms with Crippen LogP contribution in [0.25, 0.3) is 28.3 Å². The van der Waals surface area contributed by atoms with E-state index in [0.29, 0.717) is 29.4 Å². The Kier molecular flexibility index (Phi) is 5.57. The molecule has 5 heterocycles. The molecule has 10 nitrogen and oxygen atoms in total. The highest BCUT2D eigenvalue weighted by molar-refractivity contribution is 5.90. The van der Waals surface area contributed by atoms with Crippen molar-refractivity contribution in [3.05, 3.63) is 53.9 Å². The third kappa shape index (κ3) is 4.10. The van der Waals surface area contributed by atoms with Crippen molar-refractivity contribution in [3.63, 3.8) is 0 Å². The average Bonchev–Trinajstić information content (AvgIpc) is 3.62. The van der Waals surface area contributed by atoms with E-state index in [1.807, 2.05) is 10.7 Å². The van der Waals surface area contributed by atoms with Crippen LogP contribution in [0.4, 0.5) is 5.95 Å². The number of nitrogens with zero attached hydrogens (tertiary/aromatic N) is 7. The highest BCUT2D eigenvalue weighted by atomic mass is 16.5. The normalized spacial score (nSPS) is 14.1. The molecule has 0 atom stereocenters. The molecule has 0 amide bonds. The molecule has 0 fully saturated rings. The van der Waals surface area contributed by atoms with Crippen molar-refractivity contribution in [2.45, 2.75) is 39.3 Å². The molecule has 2 N–H and O–H groups in total. The molecule has 0 spiro atoms. The van der Waals surface area contributed by atoms with Crippen LogP contribution in [0.15, 0.2) is 47.2 Å². The van der Waals surface area contributed by atoms with Crippen molar-refractivity contribution in [1.29, 1.82) is 0 Å². The van der Waals surface area contributed by atoms with Crippen LogP contribution in [0, 0.1) is 0 Å². The van der Waals surface area contributed by atoms with Gasteiger partial charge in [0.05, 0.1) is 31.0 Å². The summed E-state index contributed by atoms with van der Waals surface area (Å²) in [6, 6.07) is 10.1. The Morgan fingerprint density at radius 2 is 2.06 bits per heavy atom. The molecule has 1 aliphatic heterocycles. The molecule has 0 aliphatic carbocycles. The molecule has 35 heavy (non-hydrogen) atoms. The number of furan rings is 1. The van der Waals surface area contributed by atoms with Gasteiger partial charge in [0, 0.05) is 19.6 Å². The summed E-state index contributed by atoms with van der Waals surface area (Å²) in [4.78, 5) is 11.6. The largest absolute Gasteiger partial charge is 0.494 e. The van der Waals surface area contributed by atoms with E-state index in [2.05, 4.69) is 50.2 Å². The lowest BCUT2D eigenvalue weighted by Crippen LogP contribution is -2.33. The highest BCUT2D eigenvalue weighted by Gasteiger charge is 2.20. The van der Waals surface area contributed by atoms with Gasteiger partial charge in [0.1, 0.15) is 5.75 Å². The summed E-state index contributed by atoms with van der Waals surface area (Å²) in [6.07, 6.45) is 6.62. The van der Waals surface area contributed by atoms with Gasteiger partial charge >= 0.3 is 0 Å². The lowest BCUT2D eigenvalue weighted by atomic mass is 9.99. The molecule has 1 aromatic carbocycles. The van der Waals surface area contributed by atoms with Crippen LogP contribution in [0.3, 0.4) is 0 Å². The summed E-state index contributed by atoms with van der Waals surface area (Å²) >= 11 is 0. The number of unbranched alkanes of at least 4 members (excludes halogenated alkanes) is 1. The number of nitrogen functional groups attached to an aromatic ring is 1. The van der Waals surface area contributed by atoms with Crippen LogP contribution >= 0.6 is 0 Å². The third-order valence-electron chi connectivity index (χ3n) is 6.50. The zero-order valence-corrected chi connectivity index (χ0v) is 19.7. The topological polar surface area (TPSA) is 113 Å². The smallest absolute Gasteiger partial charge is 0.225 e. The van der Waals surface area contributed by atoms with E-state index in [4.69, 9.17) is 14.9 Å². The first-order valence-corrected chi connectivity index (χ1v) is 12.1. The van der Waals surface area contributed by atoms with E-state index in [0.717, 1.165) is 56.6 Å². The molecule has 10 heteroatoms. The second kappa shape index (κ2) is 9.03. The van der Waals surface area contributed by atoms with Gasteiger partial charge in [-0.2, -0.15) is 14.6 Å². The molecule has 0 unspecified atom stereocenters. The maximum absolute atomic E-state index is 6.22. The number of ether oxygens (including phenoxy) is 1. The number of nitrogens with two attached hydrogens (primary N) is 1. The second-order valence-corrected chi connectivity index (χ2v) is 8.88. The van der Waals surface area contributed by atoms with Gasteiger partial charge in [-0.3, -0.25) is 4.90 Å². The van der Waals surface area contributed by atoms with E-state index in [-0.39, 0.29) is 5.95 Å². The summed E-state index contributed by atoms with van der Waals surface area (Å²) in [7, 11) is 0. The summed E-state index contributed by atoms with van der Waals surface area (Å²) < 4.78 is 14.7. The molecule has 6 rings (SSSR count). The predicted octanol–water partition coefficient (Wildman–Crippen LogP) is 3.55. The SMILES string of the molecule is CCCCOc1ccc2c(c1)CCN(CCn1ncc3c1nc(N)n1nc(-c4ccco4)nc31)C2. The van der Waals surface area contributed by atoms with E-state index < -0.39 is 0 Å². The monoisotopic (exact) mass is 472 g/mol. The van der Waals surface area contributed by atoms with E-state index in [1.165, 1.54) is 15.6 Å². The molecule has 0 saturated heterocycles. The second-order valence-electron chi connectivity index (χ2n) is 8.88. The molecule has 0 saturated carbocycles. The Labute approximate surface area is 202 Å².